The maximum absolute atomic E-state index is 14.4. The minimum atomic E-state index is -4.05. The average Bonchev–Trinajstić information content (AvgIpc) is 3.03. The van der Waals surface area contributed by atoms with Crippen LogP contribution in [0.15, 0.2) is 65.7 Å². The summed E-state index contributed by atoms with van der Waals surface area (Å²) in [6.07, 6.45) is 0.633. The van der Waals surface area contributed by atoms with Gasteiger partial charge in [0.1, 0.15) is 0 Å². The van der Waals surface area contributed by atoms with Crippen LogP contribution in [-0.2, 0) is 26.9 Å². The normalized spacial score (nSPS) is 18.1. The summed E-state index contributed by atoms with van der Waals surface area (Å²) in [5.41, 5.74) is 6.65. The number of carbonyl (C=O) groups excluding carboxylic acids is 1. The smallest absolute Gasteiger partial charge is 0.266 e. The molecule has 3 aromatic rings. The van der Waals surface area contributed by atoms with Gasteiger partial charge < -0.3 is 5.73 Å². The Hall–Kier alpha value is -3.70. The van der Waals surface area contributed by atoms with Crippen LogP contribution in [0.25, 0.3) is 11.1 Å². The van der Waals surface area contributed by atoms with Gasteiger partial charge in [0.2, 0.25) is 11.9 Å². The minimum Gasteiger partial charge on any atom is -0.369 e. The van der Waals surface area contributed by atoms with E-state index in [9.17, 15) is 22.0 Å². The van der Waals surface area contributed by atoms with Gasteiger partial charge in [0.15, 0.2) is 11.5 Å². The van der Waals surface area contributed by atoms with Crippen molar-refractivity contribution in [3.8, 4) is 11.1 Å². The van der Waals surface area contributed by atoms with Gasteiger partial charge in [-0.25, -0.2) is 4.99 Å². The van der Waals surface area contributed by atoms with Crippen molar-refractivity contribution in [1.29, 1.82) is 0 Å². The van der Waals surface area contributed by atoms with Gasteiger partial charge in [0.25, 0.3) is 16.0 Å². The highest BCUT2D eigenvalue weighted by Crippen LogP contribution is 2.40. The quantitative estimate of drug-likeness (QED) is 0.380. The number of pyridine rings is 1. The number of aryl methyl sites for hydroxylation is 1. The van der Waals surface area contributed by atoms with Crippen LogP contribution < -0.4 is 5.73 Å². The van der Waals surface area contributed by atoms with E-state index < -0.39 is 33.5 Å². The van der Waals surface area contributed by atoms with E-state index >= 15 is 0 Å². The van der Waals surface area contributed by atoms with E-state index in [1.54, 1.807) is 48.5 Å². The summed E-state index contributed by atoms with van der Waals surface area (Å²) in [5.74, 6) is -2.69. The number of hydrogen-bond donors (Lipinski definition) is 2. The number of halogens is 2. The molecule has 0 saturated carbocycles. The van der Waals surface area contributed by atoms with Gasteiger partial charge in [0.05, 0.1) is 5.75 Å². The molecule has 0 radical (unpaired) electrons. The topological polar surface area (TPSA) is 126 Å². The lowest BCUT2D eigenvalue weighted by molar-refractivity contribution is -0.129. The molecular weight excluding hydrogens is 478 g/mol. The fourth-order valence-corrected chi connectivity index (χ4v) is 4.60. The average molecular weight is 501 g/mol. The second kappa shape index (κ2) is 9.16. The van der Waals surface area contributed by atoms with Gasteiger partial charge in [-0.3, -0.25) is 14.2 Å². The van der Waals surface area contributed by atoms with Crippen LogP contribution in [0.1, 0.15) is 23.1 Å². The zero-order valence-corrected chi connectivity index (χ0v) is 19.5. The van der Waals surface area contributed by atoms with E-state index in [1.165, 1.54) is 18.0 Å². The first-order valence-electron chi connectivity index (χ1n) is 10.6. The summed E-state index contributed by atoms with van der Waals surface area (Å²) in [4.78, 5) is 22.4. The van der Waals surface area contributed by atoms with Gasteiger partial charge in [-0.15, -0.1) is 0 Å². The van der Waals surface area contributed by atoms with E-state index in [2.05, 4.69) is 9.98 Å². The predicted molar refractivity (Wildman–Crippen MR) is 126 cm³/mol. The van der Waals surface area contributed by atoms with Crippen molar-refractivity contribution in [3.05, 3.63) is 89.2 Å². The molecular formula is C24H22F2N4O4S. The van der Waals surface area contributed by atoms with Crippen LogP contribution >= 0.6 is 0 Å². The fraction of sp³-hybridized carbons (Fsp3) is 0.208. The number of amides is 1. The van der Waals surface area contributed by atoms with Gasteiger partial charge >= 0.3 is 0 Å². The highest BCUT2D eigenvalue weighted by Gasteiger charge is 2.49. The molecule has 35 heavy (non-hydrogen) atoms. The maximum atomic E-state index is 14.4. The standard InChI is InChI=1S/C24H22F2N4O4S/c1-30-22(31)24(29-23(30)27,17-9-7-15(8-10-17)4-3-13-35(32,33)34)18-6-2-5-16(14-18)19-11-12-20(25)28-21(19)26/h2,5-12,14H,3-4,13H2,1H3,(H2,27,29)(H,32,33,34). The van der Waals surface area contributed by atoms with E-state index in [4.69, 9.17) is 10.3 Å². The Morgan fingerprint density at radius 1 is 1.06 bits per heavy atom. The Labute approximate surface area is 200 Å². The Bertz CT molecular complexity index is 1430. The number of benzene rings is 2. The summed E-state index contributed by atoms with van der Waals surface area (Å²) in [6.45, 7) is 0. The number of carbonyl (C=O) groups is 1. The van der Waals surface area contributed by atoms with Gasteiger partial charge in [-0.1, -0.05) is 42.5 Å². The summed E-state index contributed by atoms with van der Waals surface area (Å²) in [7, 11) is -2.55. The zero-order chi connectivity index (χ0) is 25.4. The Morgan fingerprint density at radius 3 is 2.37 bits per heavy atom. The third-order valence-corrected chi connectivity index (χ3v) is 6.69. The lowest BCUT2D eigenvalue weighted by atomic mass is 9.81. The van der Waals surface area contributed by atoms with Crippen molar-refractivity contribution in [2.45, 2.75) is 18.4 Å². The van der Waals surface area contributed by atoms with Crippen molar-refractivity contribution in [3.63, 3.8) is 0 Å². The van der Waals surface area contributed by atoms with Crippen LogP contribution in [0.5, 0.6) is 0 Å². The molecule has 11 heteroatoms. The Balaban J connectivity index is 1.76. The largest absolute Gasteiger partial charge is 0.369 e. The molecule has 2 heterocycles. The molecule has 1 aliphatic heterocycles. The lowest BCUT2D eigenvalue weighted by Gasteiger charge is -2.27. The van der Waals surface area contributed by atoms with Crippen LogP contribution in [-0.4, -0.2) is 47.5 Å². The number of guanidine groups is 1. The number of rotatable bonds is 7. The third kappa shape index (κ3) is 4.77. The molecule has 1 amide bonds. The van der Waals surface area contributed by atoms with E-state index in [0.29, 0.717) is 23.1 Å². The molecule has 0 spiro atoms. The molecule has 0 saturated heterocycles. The van der Waals surface area contributed by atoms with E-state index in [0.717, 1.165) is 11.6 Å². The Morgan fingerprint density at radius 2 is 1.77 bits per heavy atom. The summed E-state index contributed by atoms with van der Waals surface area (Å²) in [6, 6.07) is 15.7. The van der Waals surface area contributed by atoms with Crippen molar-refractivity contribution in [2.75, 3.05) is 12.8 Å². The van der Waals surface area contributed by atoms with Crippen molar-refractivity contribution in [1.82, 2.24) is 9.88 Å². The molecule has 2 aromatic carbocycles. The maximum Gasteiger partial charge on any atom is 0.266 e. The number of likely N-dealkylation sites (N-methyl/N-ethyl adjacent to an activating group) is 1. The van der Waals surface area contributed by atoms with Crippen LogP contribution in [0.3, 0.4) is 0 Å². The SMILES string of the molecule is CN1C(=O)C(c2ccc(CCCS(=O)(=O)O)cc2)(c2cccc(-c3ccc(F)nc3F)c2)N=C1N. The molecule has 1 aromatic heterocycles. The number of hydrogen-bond acceptors (Lipinski definition) is 6. The molecule has 1 unspecified atom stereocenters. The molecule has 1 aliphatic rings. The summed E-state index contributed by atoms with van der Waals surface area (Å²) in [5, 5.41) is 0. The van der Waals surface area contributed by atoms with Crippen LogP contribution in [0, 0.1) is 11.9 Å². The van der Waals surface area contributed by atoms with Crippen LogP contribution in [0.4, 0.5) is 8.78 Å². The number of nitrogens with two attached hydrogens (primary N) is 1. The predicted octanol–water partition coefficient (Wildman–Crippen LogP) is 2.88. The first-order valence-corrected chi connectivity index (χ1v) is 12.2. The van der Waals surface area contributed by atoms with Crippen molar-refractivity contribution < 1.29 is 26.5 Å². The molecule has 0 bridgehead atoms. The van der Waals surface area contributed by atoms with E-state index in [-0.39, 0.29) is 23.7 Å². The first kappa shape index (κ1) is 24.4. The van der Waals surface area contributed by atoms with Crippen molar-refractivity contribution in [2.24, 2.45) is 10.7 Å². The zero-order valence-electron chi connectivity index (χ0n) is 18.6. The van der Waals surface area contributed by atoms with Crippen molar-refractivity contribution >= 4 is 22.0 Å². The number of aromatic nitrogens is 1. The second-order valence-corrected chi connectivity index (χ2v) is 9.76. The van der Waals surface area contributed by atoms with Gasteiger partial charge in [-0.2, -0.15) is 22.2 Å². The molecule has 4 rings (SSSR count). The highest BCUT2D eigenvalue weighted by atomic mass is 32.2. The van der Waals surface area contributed by atoms with Gasteiger partial charge in [-0.05, 0) is 53.3 Å². The Kier molecular flexibility index (Phi) is 6.39. The van der Waals surface area contributed by atoms with E-state index in [1.807, 2.05) is 0 Å². The molecule has 1 atom stereocenters. The highest BCUT2D eigenvalue weighted by molar-refractivity contribution is 7.85. The third-order valence-electron chi connectivity index (χ3n) is 5.89. The number of aliphatic imine (C=N–C) groups is 1. The number of nitrogens with zero attached hydrogens (tertiary/aromatic N) is 3. The molecule has 8 nitrogen and oxygen atoms in total. The molecule has 0 aliphatic carbocycles. The monoisotopic (exact) mass is 500 g/mol. The molecule has 0 fully saturated rings. The summed E-state index contributed by atoms with van der Waals surface area (Å²) < 4.78 is 58.5. The molecule has 182 valence electrons. The van der Waals surface area contributed by atoms with Gasteiger partial charge in [0, 0.05) is 12.6 Å². The second-order valence-electron chi connectivity index (χ2n) is 8.18. The molecule has 3 N–H and O–H groups in total. The fourth-order valence-electron chi connectivity index (χ4n) is 4.09. The summed E-state index contributed by atoms with van der Waals surface area (Å²) >= 11 is 0. The minimum absolute atomic E-state index is 0.00672. The van der Waals surface area contributed by atoms with Crippen LogP contribution in [0.2, 0.25) is 0 Å². The first-order chi connectivity index (χ1) is 16.5. The lowest BCUT2D eigenvalue weighted by Crippen LogP contribution is -2.41.